The molecule has 2 fully saturated rings. The van der Waals surface area contributed by atoms with Gasteiger partial charge in [-0.3, -0.25) is 14.6 Å². The topological polar surface area (TPSA) is 62.3 Å². The van der Waals surface area contributed by atoms with E-state index in [4.69, 9.17) is 0 Å². The lowest BCUT2D eigenvalue weighted by atomic mass is 9.90. The number of hydrogen-bond donors (Lipinski definition) is 1. The first-order valence-electron chi connectivity index (χ1n) is 10.0. The van der Waals surface area contributed by atoms with Gasteiger partial charge in [-0.2, -0.15) is 13.2 Å². The van der Waals surface area contributed by atoms with Crippen LogP contribution in [0.1, 0.15) is 47.2 Å². The molecule has 2 bridgehead atoms. The summed E-state index contributed by atoms with van der Waals surface area (Å²) in [6, 6.07) is 6.55. The quantitative estimate of drug-likeness (QED) is 0.807. The van der Waals surface area contributed by atoms with Crippen molar-refractivity contribution >= 4 is 17.5 Å². The molecule has 2 aliphatic rings. The fraction of sp³-hybridized carbons (Fsp3) is 0.409. The Balaban J connectivity index is 1.58. The van der Waals surface area contributed by atoms with E-state index >= 15 is 0 Å². The number of likely N-dealkylation sites (tertiary alicyclic amines) is 1. The van der Waals surface area contributed by atoms with Crippen molar-refractivity contribution in [1.29, 1.82) is 0 Å². The third-order valence-electron chi connectivity index (χ3n) is 5.79. The van der Waals surface area contributed by atoms with Crippen LogP contribution >= 0.6 is 0 Å². The molecule has 2 aromatic rings. The first-order valence-corrected chi connectivity index (χ1v) is 10.0. The van der Waals surface area contributed by atoms with Gasteiger partial charge in [0.25, 0.3) is 5.91 Å². The monoisotopic (exact) mass is 417 g/mol. The summed E-state index contributed by atoms with van der Waals surface area (Å²) in [6.45, 7) is 0.586. The van der Waals surface area contributed by atoms with Gasteiger partial charge in [-0.05, 0) is 55.0 Å². The average molecular weight is 417 g/mol. The molecule has 1 saturated carbocycles. The van der Waals surface area contributed by atoms with Crippen LogP contribution in [0.2, 0.25) is 0 Å². The normalized spacial score (nSPS) is 20.8. The zero-order valence-electron chi connectivity index (χ0n) is 16.3. The molecule has 1 aromatic heterocycles. The van der Waals surface area contributed by atoms with E-state index in [1.54, 1.807) is 23.2 Å². The number of carbonyl (C=O) groups excluding carboxylic acids is 2. The van der Waals surface area contributed by atoms with Crippen LogP contribution in [-0.2, 0) is 17.4 Å². The smallest absolute Gasteiger partial charge is 0.335 e. The second-order valence-corrected chi connectivity index (χ2v) is 8.03. The standard InChI is InChI=1S/C22H22F3N3O2/c23-22(24,25)17-9-16(21(30)28-13-15-3-1-5-19(28)7-15)10-18(11-17)27-20(29)8-14-4-2-6-26-12-14/h2,4,6,9-12,15,19H,1,3,5,7-8,13H2,(H,27,29)/t15-,19+/m1/s1. The molecule has 5 nitrogen and oxygen atoms in total. The van der Waals surface area contributed by atoms with Crippen molar-refractivity contribution in [3.05, 3.63) is 59.4 Å². The summed E-state index contributed by atoms with van der Waals surface area (Å²) in [7, 11) is 0. The van der Waals surface area contributed by atoms with Gasteiger partial charge in [0.2, 0.25) is 5.91 Å². The molecule has 1 aromatic carbocycles. The Labute approximate surface area is 172 Å². The SMILES string of the molecule is O=C(Cc1cccnc1)Nc1cc(C(=O)N2C[C@@H]3CCC[C@H]2C3)cc(C(F)(F)F)c1. The molecule has 2 amide bonds. The van der Waals surface area contributed by atoms with E-state index in [2.05, 4.69) is 10.3 Å². The number of halogens is 3. The Morgan fingerprint density at radius 3 is 2.73 bits per heavy atom. The molecule has 8 heteroatoms. The Hall–Kier alpha value is -2.90. The lowest BCUT2D eigenvalue weighted by Gasteiger charge is -2.25. The number of anilines is 1. The summed E-state index contributed by atoms with van der Waals surface area (Å²) < 4.78 is 40.3. The number of carbonyl (C=O) groups is 2. The van der Waals surface area contributed by atoms with Crippen LogP contribution in [0, 0.1) is 5.92 Å². The minimum atomic E-state index is -4.62. The number of nitrogens with zero attached hydrogens (tertiary/aromatic N) is 2. The maximum atomic E-state index is 13.4. The van der Waals surface area contributed by atoms with E-state index in [0.717, 1.165) is 37.8 Å². The summed E-state index contributed by atoms with van der Waals surface area (Å²) in [4.78, 5) is 31.0. The van der Waals surface area contributed by atoms with E-state index in [9.17, 15) is 22.8 Å². The van der Waals surface area contributed by atoms with Gasteiger partial charge >= 0.3 is 6.18 Å². The molecule has 2 heterocycles. The Morgan fingerprint density at radius 1 is 1.20 bits per heavy atom. The van der Waals surface area contributed by atoms with Gasteiger partial charge in [0.15, 0.2) is 0 Å². The summed E-state index contributed by atoms with van der Waals surface area (Å²) >= 11 is 0. The third kappa shape index (κ3) is 4.47. The number of benzene rings is 1. The number of alkyl halides is 3. The van der Waals surface area contributed by atoms with Crippen LogP contribution in [-0.4, -0.2) is 34.3 Å². The van der Waals surface area contributed by atoms with Crippen molar-refractivity contribution in [3.8, 4) is 0 Å². The molecule has 4 rings (SSSR count). The highest BCUT2D eigenvalue weighted by Crippen LogP contribution is 2.37. The van der Waals surface area contributed by atoms with Gasteiger partial charge in [-0.25, -0.2) is 0 Å². The lowest BCUT2D eigenvalue weighted by Crippen LogP contribution is -2.35. The lowest BCUT2D eigenvalue weighted by molar-refractivity contribution is -0.137. The number of fused-ring (bicyclic) bond motifs is 2. The van der Waals surface area contributed by atoms with Crippen molar-refractivity contribution < 1.29 is 22.8 Å². The zero-order chi connectivity index (χ0) is 21.3. The largest absolute Gasteiger partial charge is 0.416 e. The van der Waals surface area contributed by atoms with Crippen LogP contribution in [0.5, 0.6) is 0 Å². The number of aromatic nitrogens is 1. The zero-order valence-corrected chi connectivity index (χ0v) is 16.3. The third-order valence-corrected chi connectivity index (χ3v) is 5.79. The van der Waals surface area contributed by atoms with Crippen molar-refractivity contribution in [3.63, 3.8) is 0 Å². The minimum Gasteiger partial charge on any atom is -0.335 e. The van der Waals surface area contributed by atoms with Crippen LogP contribution in [0.4, 0.5) is 18.9 Å². The number of hydrogen-bond acceptors (Lipinski definition) is 3. The number of amides is 2. The predicted octanol–water partition coefficient (Wildman–Crippen LogP) is 4.30. The molecule has 0 radical (unpaired) electrons. The second-order valence-electron chi connectivity index (χ2n) is 8.03. The van der Waals surface area contributed by atoms with Crippen LogP contribution in [0.25, 0.3) is 0 Å². The van der Waals surface area contributed by atoms with Crippen LogP contribution in [0.15, 0.2) is 42.7 Å². The van der Waals surface area contributed by atoms with E-state index < -0.39 is 23.6 Å². The molecule has 30 heavy (non-hydrogen) atoms. The van der Waals surface area contributed by atoms with Gasteiger partial charge in [0.05, 0.1) is 12.0 Å². The molecule has 0 spiro atoms. The van der Waals surface area contributed by atoms with Gasteiger partial charge in [0, 0.05) is 36.2 Å². The highest BCUT2D eigenvalue weighted by atomic mass is 19.4. The van der Waals surface area contributed by atoms with Gasteiger partial charge in [0.1, 0.15) is 0 Å². The van der Waals surface area contributed by atoms with Crippen LogP contribution in [0.3, 0.4) is 0 Å². The molecule has 1 aliphatic heterocycles. The minimum absolute atomic E-state index is 0.0246. The number of rotatable bonds is 4. The van der Waals surface area contributed by atoms with E-state index in [1.807, 2.05) is 0 Å². The summed E-state index contributed by atoms with van der Waals surface area (Å²) in [5.41, 5.74) is -0.395. The fourth-order valence-corrected chi connectivity index (χ4v) is 4.43. The first kappa shape index (κ1) is 20.4. The maximum absolute atomic E-state index is 13.4. The predicted molar refractivity (Wildman–Crippen MR) is 105 cm³/mol. The second kappa shape index (κ2) is 8.08. The molecule has 2 atom stereocenters. The first-order chi connectivity index (χ1) is 14.3. The van der Waals surface area contributed by atoms with Crippen molar-refractivity contribution in [2.75, 3.05) is 11.9 Å². The molecule has 158 valence electrons. The number of nitrogens with one attached hydrogen (secondary N) is 1. The number of pyridine rings is 1. The van der Waals surface area contributed by atoms with Gasteiger partial charge < -0.3 is 10.2 Å². The van der Waals surface area contributed by atoms with Gasteiger partial charge in [-0.1, -0.05) is 12.5 Å². The van der Waals surface area contributed by atoms with Crippen molar-refractivity contribution in [2.24, 2.45) is 5.92 Å². The van der Waals surface area contributed by atoms with Crippen molar-refractivity contribution in [2.45, 2.75) is 44.3 Å². The maximum Gasteiger partial charge on any atom is 0.416 e. The highest BCUT2D eigenvalue weighted by Gasteiger charge is 2.39. The fourth-order valence-electron chi connectivity index (χ4n) is 4.43. The molecule has 1 saturated heterocycles. The molecular formula is C22H22F3N3O2. The Kier molecular flexibility index (Phi) is 5.49. The summed E-state index contributed by atoms with van der Waals surface area (Å²) in [6.07, 6.45) is 2.33. The summed E-state index contributed by atoms with van der Waals surface area (Å²) in [5, 5.41) is 2.50. The van der Waals surface area contributed by atoms with E-state index in [-0.39, 0.29) is 23.7 Å². The van der Waals surface area contributed by atoms with E-state index in [0.29, 0.717) is 18.0 Å². The summed E-state index contributed by atoms with van der Waals surface area (Å²) in [5.74, 6) is -0.451. The van der Waals surface area contributed by atoms with Crippen molar-refractivity contribution in [1.82, 2.24) is 9.88 Å². The highest BCUT2D eigenvalue weighted by molar-refractivity contribution is 5.98. The molecule has 1 aliphatic carbocycles. The molecule has 1 N–H and O–H groups in total. The Morgan fingerprint density at radius 2 is 2.03 bits per heavy atom. The average Bonchev–Trinajstić information content (AvgIpc) is 3.00. The molecule has 0 unspecified atom stereocenters. The Bertz CT molecular complexity index is 946. The van der Waals surface area contributed by atoms with Gasteiger partial charge in [-0.15, -0.1) is 0 Å². The molecular weight excluding hydrogens is 395 g/mol. The van der Waals surface area contributed by atoms with E-state index in [1.165, 1.54) is 12.3 Å². The van der Waals surface area contributed by atoms with Crippen LogP contribution < -0.4 is 5.32 Å².